The Balaban J connectivity index is 0.000001000. The first-order valence-corrected chi connectivity index (χ1v) is 3.23. The van der Waals surface area contributed by atoms with Crippen LogP contribution in [0, 0.1) is 0 Å². The number of rotatable bonds is 2. The summed E-state index contributed by atoms with van der Waals surface area (Å²) in [6, 6.07) is -0.412. The fourth-order valence-corrected chi connectivity index (χ4v) is 1.07. The molecular weight excluding hydrogens is 170 g/mol. The molecular formula is C6H12ClNO3. The SMILES string of the molecule is COC1CNC(C(=O)O)C1.Cl. The lowest BCUT2D eigenvalue weighted by Gasteiger charge is -2.03. The van der Waals surface area contributed by atoms with Gasteiger partial charge in [-0.05, 0) is 0 Å². The molecule has 0 aliphatic carbocycles. The normalized spacial score (nSPS) is 29.5. The van der Waals surface area contributed by atoms with Crippen molar-refractivity contribution in [2.75, 3.05) is 13.7 Å². The first kappa shape index (κ1) is 10.7. The fourth-order valence-electron chi connectivity index (χ4n) is 1.07. The Morgan fingerprint density at radius 3 is 2.64 bits per heavy atom. The van der Waals surface area contributed by atoms with Crippen molar-refractivity contribution in [2.45, 2.75) is 18.6 Å². The van der Waals surface area contributed by atoms with Gasteiger partial charge in [-0.15, -0.1) is 12.4 Å². The van der Waals surface area contributed by atoms with E-state index in [0.717, 1.165) is 0 Å². The summed E-state index contributed by atoms with van der Waals surface area (Å²) in [4.78, 5) is 10.3. The highest BCUT2D eigenvalue weighted by Crippen LogP contribution is 2.08. The second-order valence-electron chi connectivity index (χ2n) is 2.39. The molecule has 4 nitrogen and oxygen atoms in total. The van der Waals surface area contributed by atoms with E-state index < -0.39 is 12.0 Å². The number of carboxylic acids is 1. The summed E-state index contributed by atoms with van der Waals surface area (Å²) in [5, 5.41) is 11.3. The number of hydrogen-bond donors (Lipinski definition) is 2. The first-order chi connectivity index (χ1) is 4.74. The lowest BCUT2D eigenvalue weighted by atomic mass is 10.2. The maximum Gasteiger partial charge on any atom is 0.320 e. The third kappa shape index (κ3) is 2.65. The van der Waals surface area contributed by atoms with E-state index in [0.29, 0.717) is 13.0 Å². The van der Waals surface area contributed by atoms with Crippen LogP contribution < -0.4 is 5.32 Å². The van der Waals surface area contributed by atoms with Gasteiger partial charge in [0.05, 0.1) is 6.10 Å². The Hall–Kier alpha value is -0.320. The minimum Gasteiger partial charge on any atom is -0.480 e. The molecule has 1 heterocycles. The van der Waals surface area contributed by atoms with E-state index in [-0.39, 0.29) is 18.5 Å². The summed E-state index contributed by atoms with van der Waals surface area (Å²) in [5.74, 6) is -0.792. The molecule has 1 saturated heterocycles. The van der Waals surface area contributed by atoms with Gasteiger partial charge in [0.2, 0.25) is 0 Å². The maximum atomic E-state index is 10.3. The van der Waals surface area contributed by atoms with Crippen LogP contribution in [-0.4, -0.2) is 36.9 Å². The third-order valence-electron chi connectivity index (χ3n) is 1.72. The molecule has 0 saturated carbocycles. The monoisotopic (exact) mass is 181 g/mol. The summed E-state index contributed by atoms with van der Waals surface area (Å²) < 4.78 is 4.97. The molecule has 66 valence electrons. The van der Waals surface area contributed by atoms with Crippen LogP contribution in [0.25, 0.3) is 0 Å². The van der Waals surface area contributed by atoms with E-state index >= 15 is 0 Å². The zero-order chi connectivity index (χ0) is 7.56. The lowest BCUT2D eigenvalue weighted by Crippen LogP contribution is -2.29. The number of methoxy groups -OCH3 is 1. The van der Waals surface area contributed by atoms with Crippen LogP contribution in [0.15, 0.2) is 0 Å². The van der Waals surface area contributed by atoms with E-state index in [4.69, 9.17) is 9.84 Å². The van der Waals surface area contributed by atoms with Crippen molar-refractivity contribution in [1.82, 2.24) is 5.32 Å². The first-order valence-electron chi connectivity index (χ1n) is 3.23. The van der Waals surface area contributed by atoms with E-state index in [1.54, 1.807) is 7.11 Å². The summed E-state index contributed by atoms with van der Waals surface area (Å²) in [5.41, 5.74) is 0. The minimum atomic E-state index is -0.792. The highest BCUT2D eigenvalue weighted by Gasteiger charge is 2.28. The van der Waals surface area contributed by atoms with Gasteiger partial charge < -0.3 is 15.2 Å². The number of carbonyl (C=O) groups is 1. The van der Waals surface area contributed by atoms with Gasteiger partial charge in [0.15, 0.2) is 0 Å². The molecule has 1 aliphatic heterocycles. The highest BCUT2D eigenvalue weighted by atomic mass is 35.5. The van der Waals surface area contributed by atoms with Gasteiger partial charge in [-0.3, -0.25) is 4.79 Å². The van der Waals surface area contributed by atoms with Gasteiger partial charge >= 0.3 is 5.97 Å². The number of halogens is 1. The summed E-state index contributed by atoms with van der Waals surface area (Å²) in [6.07, 6.45) is 0.646. The van der Waals surface area contributed by atoms with Crippen molar-refractivity contribution in [2.24, 2.45) is 0 Å². The molecule has 2 N–H and O–H groups in total. The van der Waals surface area contributed by atoms with Crippen LogP contribution >= 0.6 is 12.4 Å². The number of ether oxygens (including phenoxy) is 1. The van der Waals surface area contributed by atoms with Crippen LogP contribution in [0.4, 0.5) is 0 Å². The average Bonchev–Trinajstić information content (AvgIpc) is 2.34. The van der Waals surface area contributed by atoms with Crippen molar-refractivity contribution in [3.05, 3.63) is 0 Å². The lowest BCUT2D eigenvalue weighted by molar-refractivity contribution is -0.139. The van der Waals surface area contributed by atoms with Gasteiger partial charge in [-0.25, -0.2) is 0 Å². The molecule has 2 atom stereocenters. The van der Waals surface area contributed by atoms with Gasteiger partial charge in [-0.2, -0.15) is 0 Å². The molecule has 5 heteroatoms. The highest BCUT2D eigenvalue weighted by molar-refractivity contribution is 5.85. The van der Waals surface area contributed by atoms with E-state index in [1.165, 1.54) is 0 Å². The van der Waals surface area contributed by atoms with Crippen LogP contribution in [0.5, 0.6) is 0 Å². The molecule has 1 fully saturated rings. The van der Waals surface area contributed by atoms with Gasteiger partial charge in [0.1, 0.15) is 6.04 Å². The zero-order valence-corrected chi connectivity index (χ0v) is 7.06. The minimum absolute atomic E-state index is 0. The third-order valence-corrected chi connectivity index (χ3v) is 1.72. The van der Waals surface area contributed by atoms with Gasteiger partial charge in [0, 0.05) is 20.1 Å². The average molecular weight is 182 g/mol. The molecule has 11 heavy (non-hydrogen) atoms. The van der Waals surface area contributed by atoms with E-state index in [9.17, 15) is 4.79 Å². The van der Waals surface area contributed by atoms with Crippen LogP contribution in [-0.2, 0) is 9.53 Å². The maximum absolute atomic E-state index is 10.3. The quantitative estimate of drug-likeness (QED) is 0.623. The van der Waals surface area contributed by atoms with Crippen molar-refractivity contribution < 1.29 is 14.6 Å². The Kier molecular flexibility index (Phi) is 4.40. The Morgan fingerprint density at radius 1 is 1.73 bits per heavy atom. The molecule has 0 amide bonds. The second kappa shape index (κ2) is 4.54. The van der Waals surface area contributed by atoms with E-state index in [1.807, 2.05) is 0 Å². The van der Waals surface area contributed by atoms with Crippen molar-refractivity contribution >= 4 is 18.4 Å². The molecule has 0 spiro atoms. The summed E-state index contributed by atoms with van der Waals surface area (Å²) in [6.45, 7) is 0.646. The van der Waals surface area contributed by atoms with Crippen LogP contribution in [0.2, 0.25) is 0 Å². The standard InChI is InChI=1S/C6H11NO3.ClH/c1-10-4-2-5(6(8)9)7-3-4;/h4-5,7H,2-3H2,1H3,(H,8,9);1H. The Morgan fingerprint density at radius 2 is 2.36 bits per heavy atom. The number of carboxylic acid groups (broad SMARTS) is 1. The number of aliphatic carboxylic acids is 1. The van der Waals surface area contributed by atoms with E-state index in [2.05, 4.69) is 5.32 Å². The van der Waals surface area contributed by atoms with Crippen molar-refractivity contribution in [1.29, 1.82) is 0 Å². The van der Waals surface area contributed by atoms with Crippen molar-refractivity contribution in [3.63, 3.8) is 0 Å². The number of nitrogens with one attached hydrogen (secondary N) is 1. The smallest absolute Gasteiger partial charge is 0.320 e. The van der Waals surface area contributed by atoms with Gasteiger partial charge in [-0.1, -0.05) is 0 Å². The molecule has 0 aromatic heterocycles. The summed E-state index contributed by atoms with van der Waals surface area (Å²) in [7, 11) is 1.59. The predicted octanol–water partition coefficient (Wildman–Crippen LogP) is -0.130. The molecule has 0 aromatic carbocycles. The number of hydrogen-bond acceptors (Lipinski definition) is 3. The predicted molar refractivity (Wildman–Crippen MR) is 42.1 cm³/mol. The molecule has 1 rings (SSSR count). The molecule has 0 radical (unpaired) electrons. The van der Waals surface area contributed by atoms with Crippen LogP contribution in [0.1, 0.15) is 6.42 Å². The van der Waals surface area contributed by atoms with Crippen LogP contribution in [0.3, 0.4) is 0 Å². The molecule has 1 aliphatic rings. The molecule has 2 unspecified atom stereocenters. The topological polar surface area (TPSA) is 58.6 Å². The van der Waals surface area contributed by atoms with Gasteiger partial charge in [0.25, 0.3) is 0 Å². The molecule has 0 aromatic rings. The largest absolute Gasteiger partial charge is 0.480 e. The van der Waals surface area contributed by atoms with Crippen molar-refractivity contribution in [3.8, 4) is 0 Å². The zero-order valence-electron chi connectivity index (χ0n) is 6.24. The Bertz CT molecular complexity index is 142. The second-order valence-corrected chi connectivity index (χ2v) is 2.39. The molecule has 0 bridgehead atoms. The fraction of sp³-hybridized carbons (Fsp3) is 0.833. The summed E-state index contributed by atoms with van der Waals surface area (Å²) >= 11 is 0. The Labute approximate surface area is 71.3 Å².